The molecule has 2 nitrogen and oxygen atoms in total. The van der Waals surface area contributed by atoms with Crippen molar-refractivity contribution in [2.45, 2.75) is 72.3 Å². The first-order valence-electron chi connectivity index (χ1n) is 6.25. The molecule has 0 aromatic carbocycles. The molecule has 1 aromatic heterocycles. The van der Waals surface area contributed by atoms with Crippen molar-refractivity contribution in [2.24, 2.45) is 0 Å². The predicted molar refractivity (Wildman–Crippen MR) is 69.9 cm³/mol. The van der Waals surface area contributed by atoms with Crippen LogP contribution in [0.25, 0.3) is 0 Å². The van der Waals surface area contributed by atoms with Gasteiger partial charge in [-0.1, -0.05) is 48.5 Å². The van der Waals surface area contributed by atoms with Crippen LogP contribution in [-0.2, 0) is 17.4 Å². The summed E-state index contributed by atoms with van der Waals surface area (Å²) in [5, 5.41) is 4.75. The molecule has 2 heteroatoms. The van der Waals surface area contributed by atoms with Crippen LogP contribution >= 0.6 is 0 Å². The second kappa shape index (κ2) is 4.23. The van der Waals surface area contributed by atoms with E-state index in [1.54, 1.807) is 0 Å². The molecule has 1 aromatic rings. The van der Waals surface area contributed by atoms with Crippen LogP contribution in [0.5, 0.6) is 0 Å². The summed E-state index contributed by atoms with van der Waals surface area (Å²) in [5.74, 6) is 0. The molecule has 16 heavy (non-hydrogen) atoms. The van der Waals surface area contributed by atoms with Gasteiger partial charge in [0.05, 0.1) is 5.69 Å². The average Bonchev–Trinajstić information content (AvgIpc) is 2.46. The van der Waals surface area contributed by atoms with E-state index in [1.165, 1.54) is 11.4 Å². The van der Waals surface area contributed by atoms with Crippen LogP contribution in [0.3, 0.4) is 0 Å². The van der Waals surface area contributed by atoms with Gasteiger partial charge in [0, 0.05) is 23.1 Å². The zero-order valence-corrected chi connectivity index (χ0v) is 11.9. The lowest BCUT2D eigenvalue weighted by atomic mass is 9.88. The molecule has 92 valence electrons. The Balaban J connectivity index is 3.21. The van der Waals surface area contributed by atoms with Gasteiger partial charge in [-0.05, 0) is 12.5 Å². The van der Waals surface area contributed by atoms with Gasteiger partial charge in [0.2, 0.25) is 0 Å². The van der Waals surface area contributed by atoms with Crippen LogP contribution in [0.2, 0.25) is 0 Å². The van der Waals surface area contributed by atoms with E-state index in [9.17, 15) is 0 Å². The highest BCUT2D eigenvalue weighted by Crippen LogP contribution is 2.28. The summed E-state index contributed by atoms with van der Waals surface area (Å²) >= 11 is 0. The third-order valence-electron chi connectivity index (χ3n) is 2.75. The molecule has 0 saturated heterocycles. The average molecular weight is 222 g/mol. The first kappa shape index (κ1) is 13.3. The highest BCUT2D eigenvalue weighted by atomic mass is 15.3. The molecule has 0 saturated carbocycles. The molecule has 0 atom stereocenters. The Hall–Kier alpha value is -0.790. The molecule has 0 amide bonds. The molecular formula is C14H26N2. The fourth-order valence-electron chi connectivity index (χ4n) is 1.77. The predicted octanol–water partition coefficient (Wildman–Crippen LogP) is 3.89. The minimum atomic E-state index is 0.138. The zero-order valence-electron chi connectivity index (χ0n) is 11.9. The van der Waals surface area contributed by atoms with Crippen molar-refractivity contribution < 1.29 is 0 Å². The van der Waals surface area contributed by atoms with E-state index in [-0.39, 0.29) is 10.8 Å². The normalized spacial score (nSPS) is 13.2. The third kappa shape index (κ3) is 2.87. The first-order chi connectivity index (χ1) is 7.16. The number of aryl methyl sites for hydroxylation is 1. The summed E-state index contributed by atoms with van der Waals surface area (Å²) in [6.07, 6.45) is 1.13. The van der Waals surface area contributed by atoms with Crippen LogP contribution in [0.1, 0.15) is 66.3 Å². The lowest BCUT2D eigenvalue weighted by molar-refractivity contribution is 0.472. The van der Waals surface area contributed by atoms with Gasteiger partial charge in [0.25, 0.3) is 0 Å². The monoisotopic (exact) mass is 222 g/mol. The molecule has 0 N–H and O–H groups in total. The van der Waals surface area contributed by atoms with Crippen LogP contribution in [0.4, 0.5) is 0 Å². The summed E-state index contributed by atoms with van der Waals surface area (Å²) in [6.45, 7) is 16.6. The summed E-state index contributed by atoms with van der Waals surface area (Å²) in [6, 6.07) is 2.27. The number of nitrogens with zero attached hydrogens (tertiary/aromatic N) is 2. The summed E-state index contributed by atoms with van der Waals surface area (Å²) < 4.78 is 2.18. The molecule has 0 fully saturated rings. The molecule has 0 bridgehead atoms. The van der Waals surface area contributed by atoms with E-state index < -0.39 is 0 Å². The minimum Gasteiger partial charge on any atom is -0.269 e. The SMILES string of the molecule is CCCn1nc(C(C)(C)C)cc1C(C)(C)C. The van der Waals surface area contributed by atoms with Crippen molar-refractivity contribution in [3.8, 4) is 0 Å². The molecule has 0 aliphatic rings. The van der Waals surface area contributed by atoms with Gasteiger partial charge in [-0.15, -0.1) is 0 Å². The zero-order chi connectivity index (χ0) is 12.6. The second-order valence-corrected chi connectivity index (χ2v) is 6.64. The van der Waals surface area contributed by atoms with Crippen molar-refractivity contribution in [3.05, 3.63) is 17.5 Å². The molecule has 0 spiro atoms. The number of hydrogen-bond donors (Lipinski definition) is 0. The van der Waals surface area contributed by atoms with Crippen molar-refractivity contribution >= 4 is 0 Å². The molecule has 1 heterocycles. The first-order valence-corrected chi connectivity index (χ1v) is 6.25. The maximum atomic E-state index is 4.75. The van der Waals surface area contributed by atoms with Gasteiger partial charge in [0.1, 0.15) is 0 Å². The van der Waals surface area contributed by atoms with Crippen LogP contribution < -0.4 is 0 Å². The summed E-state index contributed by atoms with van der Waals surface area (Å²) in [7, 11) is 0. The highest BCUT2D eigenvalue weighted by molar-refractivity contribution is 5.22. The highest BCUT2D eigenvalue weighted by Gasteiger charge is 2.25. The van der Waals surface area contributed by atoms with Crippen molar-refractivity contribution in [1.82, 2.24) is 9.78 Å². The van der Waals surface area contributed by atoms with Crippen molar-refractivity contribution in [3.63, 3.8) is 0 Å². The van der Waals surface area contributed by atoms with E-state index in [1.807, 2.05) is 0 Å². The van der Waals surface area contributed by atoms with Crippen molar-refractivity contribution in [1.29, 1.82) is 0 Å². The number of aromatic nitrogens is 2. The largest absolute Gasteiger partial charge is 0.269 e. The summed E-state index contributed by atoms with van der Waals surface area (Å²) in [4.78, 5) is 0. The Kier molecular flexibility index (Phi) is 3.51. The quantitative estimate of drug-likeness (QED) is 0.742. The smallest absolute Gasteiger partial charge is 0.0681 e. The van der Waals surface area contributed by atoms with Gasteiger partial charge < -0.3 is 0 Å². The van der Waals surface area contributed by atoms with Gasteiger partial charge in [-0.3, -0.25) is 4.68 Å². The van der Waals surface area contributed by atoms with Crippen molar-refractivity contribution in [2.75, 3.05) is 0 Å². The van der Waals surface area contributed by atoms with Crippen LogP contribution in [-0.4, -0.2) is 9.78 Å². The number of hydrogen-bond acceptors (Lipinski definition) is 1. The number of rotatable bonds is 2. The standard InChI is InChI=1S/C14H26N2/c1-8-9-16-12(14(5,6)7)10-11(15-16)13(2,3)4/h10H,8-9H2,1-7H3. The topological polar surface area (TPSA) is 17.8 Å². The molecule has 1 rings (SSSR count). The lowest BCUT2D eigenvalue weighted by Crippen LogP contribution is -2.18. The maximum absolute atomic E-state index is 4.75. The van der Waals surface area contributed by atoms with E-state index in [0.717, 1.165) is 13.0 Å². The van der Waals surface area contributed by atoms with Crippen LogP contribution in [0.15, 0.2) is 6.07 Å². The molecule has 0 aliphatic carbocycles. The Morgan fingerprint density at radius 1 is 1.06 bits per heavy atom. The van der Waals surface area contributed by atoms with Crippen LogP contribution in [0, 0.1) is 0 Å². The Bertz CT molecular complexity index is 348. The third-order valence-corrected chi connectivity index (χ3v) is 2.75. The Morgan fingerprint density at radius 2 is 1.62 bits per heavy atom. The van der Waals surface area contributed by atoms with Gasteiger partial charge in [0.15, 0.2) is 0 Å². The fourth-order valence-corrected chi connectivity index (χ4v) is 1.77. The minimum absolute atomic E-state index is 0.138. The van der Waals surface area contributed by atoms with Gasteiger partial charge >= 0.3 is 0 Å². The van der Waals surface area contributed by atoms with E-state index in [4.69, 9.17) is 5.10 Å². The van der Waals surface area contributed by atoms with Gasteiger partial charge in [-0.2, -0.15) is 5.10 Å². The molecule has 0 radical (unpaired) electrons. The Morgan fingerprint density at radius 3 is 2.00 bits per heavy atom. The van der Waals surface area contributed by atoms with E-state index >= 15 is 0 Å². The van der Waals surface area contributed by atoms with E-state index in [2.05, 4.69) is 59.2 Å². The molecule has 0 unspecified atom stereocenters. The lowest BCUT2D eigenvalue weighted by Gasteiger charge is -2.19. The molecular weight excluding hydrogens is 196 g/mol. The fraction of sp³-hybridized carbons (Fsp3) is 0.786. The maximum Gasteiger partial charge on any atom is 0.0681 e. The summed E-state index contributed by atoms with van der Waals surface area (Å²) in [5.41, 5.74) is 2.86. The second-order valence-electron chi connectivity index (χ2n) is 6.64. The molecule has 0 aliphatic heterocycles. The Labute approximate surface area is 100 Å². The van der Waals surface area contributed by atoms with Gasteiger partial charge in [-0.25, -0.2) is 0 Å². The van der Waals surface area contributed by atoms with E-state index in [0.29, 0.717) is 0 Å².